The molecule has 2 rings (SSSR count). The van der Waals surface area contributed by atoms with Crippen LogP contribution in [0.2, 0.25) is 0 Å². The van der Waals surface area contributed by atoms with E-state index in [1.54, 1.807) is 19.1 Å². The second-order valence-electron chi connectivity index (χ2n) is 7.50. The lowest BCUT2D eigenvalue weighted by Crippen LogP contribution is -2.50. The van der Waals surface area contributed by atoms with Gasteiger partial charge < -0.3 is 14.5 Å². The molecule has 0 spiro atoms. The highest BCUT2D eigenvalue weighted by Crippen LogP contribution is 2.25. The van der Waals surface area contributed by atoms with Gasteiger partial charge in [0.05, 0.1) is 12.4 Å². The first kappa shape index (κ1) is 22.6. The maximum Gasteiger partial charge on any atom is 0.239 e. The predicted molar refractivity (Wildman–Crippen MR) is 105 cm³/mol. The minimum atomic E-state index is -3.81. The molecule has 7 nitrogen and oxygen atoms in total. The molecular weight excluding hydrogens is 382 g/mol. The van der Waals surface area contributed by atoms with Crippen LogP contribution in [0.25, 0.3) is 0 Å². The summed E-state index contributed by atoms with van der Waals surface area (Å²) in [6, 6.07) is 2.40. The van der Waals surface area contributed by atoms with Crippen LogP contribution in [0.3, 0.4) is 0 Å². The topological polar surface area (TPSA) is 103 Å². The molecule has 1 aliphatic rings. The zero-order valence-corrected chi connectivity index (χ0v) is 17.7. The molecule has 1 amide bonds. The van der Waals surface area contributed by atoms with Crippen LogP contribution in [0.5, 0.6) is 0 Å². The Hall–Kier alpha value is -1.67. The molecule has 4 atom stereocenters. The number of furan rings is 1. The fourth-order valence-electron chi connectivity index (χ4n) is 3.50. The summed E-state index contributed by atoms with van der Waals surface area (Å²) in [5.41, 5.74) is 0. The molecule has 1 unspecified atom stereocenters. The molecule has 1 fully saturated rings. The zero-order valence-electron chi connectivity index (χ0n) is 16.8. The minimum Gasteiger partial charge on any atom is -0.468 e. The molecule has 28 heavy (non-hydrogen) atoms. The Morgan fingerprint density at radius 2 is 2.11 bits per heavy atom. The van der Waals surface area contributed by atoms with Gasteiger partial charge in [-0.1, -0.05) is 39.5 Å². The van der Waals surface area contributed by atoms with Gasteiger partial charge in [-0.15, -0.1) is 0 Å². The molecule has 0 bridgehead atoms. The fourth-order valence-corrected chi connectivity index (χ4v) is 5.22. The van der Waals surface area contributed by atoms with E-state index in [4.69, 9.17) is 9.15 Å². The van der Waals surface area contributed by atoms with Crippen molar-refractivity contribution in [2.75, 3.05) is 6.61 Å². The second-order valence-corrected chi connectivity index (χ2v) is 9.68. The third-order valence-electron chi connectivity index (χ3n) is 5.34. The van der Waals surface area contributed by atoms with Crippen LogP contribution in [-0.4, -0.2) is 44.1 Å². The molecule has 1 saturated heterocycles. The number of rotatable bonds is 11. The molecule has 2 heterocycles. The number of carbonyl (C=O) groups excluding carboxylic acids is 2. The van der Waals surface area contributed by atoms with E-state index in [1.807, 2.05) is 6.92 Å². The van der Waals surface area contributed by atoms with Crippen molar-refractivity contribution >= 4 is 21.5 Å². The first-order valence-electron chi connectivity index (χ1n) is 9.97. The Balaban J connectivity index is 2.21. The van der Waals surface area contributed by atoms with Crippen LogP contribution >= 0.6 is 0 Å². The molecule has 1 aliphatic heterocycles. The number of nitrogens with one attached hydrogen (secondary N) is 1. The van der Waals surface area contributed by atoms with Crippen molar-refractivity contribution in [2.24, 2.45) is 5.92 Å². The number of amides is 1. The summed E-state index contributed by atoms with van der Waals surface area (Å²) in [7, 11) is -3.81. The van der Waals surface area contributed by atoms with E-state index in [0.29, 0.717) is 5.76 Å². The summed E-state index contributed by atoms with van der Waals surface area (Å²) in [4.78, 5) is 24.9. The third kappa shape index (κ3) is 5.91. The smallest absolute Gasteiger partial charge is 0.239 e. The standard InChI is InChI=1S/C20H31NO6S/c1-4-6-8-15(5-2)11-18(28(24,25)13-16-9-7-10-26-16)20(23)21-19-14(3)27-12-17(19)22/h7,9-10,14-15,18-19H,4-6,8,11-13H2,1-3H3,(H,21,23)/t14-,15?,18+,19+/m1/s1. The number of ether oxygens (including phenoxy) is 1. The molecule has 1 N–H and O–H groups in total. The molecular formula is C20H31NO6S. The van der Waals surface area contributed by atoms with Gasteiger partial charge in [0.25, 0.3) is 0 Å². The van der Waals surface area contributed by atoms with Gasteiger partial charge in [0.1, 0.15) is 29.4 Å². The highest BCUT2D eigenvalue weighted by atomic mass is 32.2. The van der Waals surface area contributed by atoms with Gasteiger partial charge in [-0.3, -0.25) is 9.59 Å². The summed E-state index contributed by atoms with van der Waals surface area (Å²) in [6.07, 6.45) is 4.84. The molecule has 1 aromatic heterocycles. The lowest BCUT2D eigenvalue weighted by atomic mass is 9.94. The Kier molecular flexibility index (Phi) is 8.24. The van der Waals surface area contributed by atoms with Gasteiger partial charge in [0.15, 0.2) is 15.6 Å². The minimum absolute atomic E-state index is 0.0655. The summed E-state index contributed by atoms with van der Waals surface area (Å²) < 4.78 is 36.6. The predicted octanol–water partition coefficient (Wildman–Crippen LogP) is 2.64. The van der Waals surface area contributed by atoms with Gasteiger partial charge in [-0.05, 0) is 31.4 Å². The van der Waals surface area contributed by atoms with E-state index in [1.165, 1.54) is 6.26 Å². The number of carbonyl (C=O) groups is 2. The van der Waals surface area contributed by atoms with E-state index in [9.17, 15) is 18.0 Å². The van der Waals surface area contributed by atoms with Crippen molar-refractivity contribution in [3.8, 4) is 0 Å². The van der Waals surface area contributed by atoms with Crippen LogP contribution < -0.4 is 5.32 Å². The Bertz CT molecular complexity index is 743. The maximum absolute atomic E-state index is 13.1. The zero-order chi connectivity index (χ0) is 20.7. The van der Waals surface area contributed by atoms with Crippen LogP contribution in [-0.2, 0) is 29.9 Å². The summed E-state index contributed by atoms with van der Waals surface area (Å²) >= 11 is 0. The van der Waals surface area contributed by atoms with Crippen LogP contribution in [0.1, 0.15) is 58.6 Å². The van der Waals surface area contributed by atoms with Crippen molar-refractivity contribution < 1.29 is 27.2 Å². The van der Waals surface area contributed by atoms with Crippen molar-refractivity contribution in [2.45, 2.75) is 76.0 Å². The van der Waals surface area contributed by atoms with Crippen molar-refractivity contribution in [3.63, 3.8) is 0 Å². The van der Waals surface area contributed by atoms with E-state index < -0.39 is 33.1 Å². The van der Waals surface area contributed by atoms with Crippen molar-refractivity contribution in [1.82, 2.24) is 5.32 Å². The average Bonchev–Trinajstić information content (AvgIpc) is 3.26. The SMILES string of the molecule is CCCCC(CC)C[C@@H](C(=O)N[C@@H]1C(=O)CO[C@@H]1C)S(=O)(=O)Cc1ccco1. The molecule has 1 aromatic rings. The second kappa shape index (κ2) is 10.2. The molecule has 0 saturated carbocycles. The maximum atomic E-state index is 13.1. The van der Waals surface area contributed by atoms with E-state index in [2.05, 4.69) is 12.2 Å². The van der Waals surface area contributed by atoms with Crippen molar-refractivity contribution in [3.05, 3.63) is 24.2 Å². The van der Waals surface area contributed by atoms with Gasteiger partial charge in [0, 0.05) is 0 Å². The Labute approximate surface area is 167 Å². The number of Topliss-reactive ketones (excluding diaryl/α,β-unsaturated/α-hetero) is 1. The lowest BCUT2D eigenvalue weighted by Gasteiger charge is -2.24. The summed E-state index contributed by atoms with van der Waals surface area (Å²) in [6.45, 7) is 5.71. The van der Waals surface area contributed by atoms with Gasteiger partial charge in [0.2, 0.25) is 5.91 Å². The number of ketones is 1. The average molecular weight is 414 g/mol. The summed E-state index contributed by atoms with van der Waals surface area (Å²) in [5.74, 6) is -0.784. The number of hydrogen-bond donors (Lipinski definition) is 1. The van der Waals surface area contributed by atoms with Gasteiger partial charge in [-0.2, -0.15) is 0 Å². The molecule has 0 aliphatic carbocycles. The van der Waals surface area contributed by atoms with Crippen LogP contribution in [0, 0.1) is 5.92 Å². The van der Waals surface area contributed by atoms with E-state index in [0.717, 1.165) is 25.7 Å². The Morgan fingerprint density at radius 1 is 1.36 bits per heavy atom. The largest absolute Gasteiger partial charge is 0.468 e. The van der Waals surface area contributed by atoms with Gasteiger partial charge >= 0.3 is 0 Å². The van der Waals surface area contributed by atoms with Gasteiger partial charge in [-0.25, -0.2) is 8.42 Å². The summed E-state index contributed by atoms with van der Waals surface area (Å²) in [5, 5.41) is 1.40. The lowest BCUT2D eigenvalue weighted by molar-refractivity contribution is -0.126. The fraction of sp³-hybridized carbons (Fsp3) is 0.700. The Morgan fingerprint density at radius 3 is 2.64 bits per heavy atom. The van der Waals surface area contributed by atoms with Crippen LogP contribution in [0.15, 0.2) is 22.8 Å². The monoisotopic (exact) mass is 413 g/mol. The molecule has 0 aromatic carbocycles. The third-order valence-corrected chi connectivity index (χ3v) is 7.30. The van der Waals surface area contributed by atoms with Crippen molar-refractivity contribution in [1.29, 1.82) is 0 Å². The number of unbranched alkanes of at least 4 members (excludes halogenated alkanes) is 1. The van der Waals surface area contributed by atoms with E-state index in [-0.39, 0.29) is 30.5 Å². The number of sulfone groups is 1. The first-order valence-corrected chi connectivity index (χ1v) is 11.7. The molecule has 8 heteroatoms. The van der Waals surface area contributed by atoms with E-state index >= 15 is 0 Å². The molecule has 0 radical (unpaired) electrons. The highest BCUT2D eigenvalue weighted by Gasteiger charge is 2.40. The number of hydrogen-bond acceptors (Lipinski definition) is 6. The molecule has 158 valence electrons. The normalized spacial score (nSPS) is 22.2. The first-order chi connectivity index (χ1) is 13.3. The van der Waals surface area contributed by atoms with Crippen LogP contribution in [0.4, 0.5) is 0 Å². The quantitative estimate of drug-likeness (QED) is 0.598. The highest BCUT2D eigenvalue weighted by molar-refractivity contribution is 7.92.